The van der Waals surface area contributed by atoms with Crippen molar-refractivity contribution >= 4 is 23.2 Å². The Balaban J connectivity index is 1.49. The summed E-state index contributed by atoms with van der Waals surface area (Å²) in [5, 5.41) is 9.67. The van der Waals surface area contributed by atoms with Gasteiger partial charge in [-0.15, -0.1) is 11.3 Å². The summed E-state index contributed by atoms with van der Waals surface area (Å²) in [6.07, 6.45) is 3.41. The van der Waals surface area contributed by atoms with Gasteiger partial charge in [-0.05, 0) is 41.6 Å². The zero-order valence-corrected chi connectivity index (χ0v) is 19.0. The molecule has 4 aromatic rings. The van der Waals surface area contributed by atoms with Crippen molar-refractivity contribution < 1.29 is 9.59 Å². The van der Waals surface area contributed by atoms with Crippen molar-refractivity contribution in [2.75, 3.05) is 0 Å². The van der Waals surface area contributed by atoms with Crippen molar-refractivity contribution in [3.8, 4) is 10.6 Å². The van der Waals surface area contributed by atoms with Crippen molar-refractivity contribution in [1.29, 1.82) is 0 Å². The fourth-order valence-electron chi connectivity index (χ4n) is 4.08. The van der Waals surface area contributed by atoms with Crippen molar-refractivity contribution in [2.24, 2.45) is 0 Å². The number of hydrogen-bond donors (Lipinski definition) is 1. The van der Waals surface area contributed by atoms with E-state index < -0.39 is 5.54 Å². The number of nitrogens with zero attached hydrogens (tertiary/aromatic N) is 4. The second-order valence-corrected chi connectivity index (χ2v) is 9.19. The molecule has 0 aliphatic carbocycles. The Morgan fingerprint density at radius 1 is 1.12 bits per heavy atom. The molecule has 3 aromatic heterocycles. The van der Waals surface area contributed by atoms with Gasteiger partial charge in [0.15, 0.2) is 0 Å². The highest BCUT2D eigenvalue weighted by molar-refractivity contribution is 7.13. The maximum absolute atomic E-state index is 13.7. The minimum absolute atomic E-state index is 0.220. The number of benzene rings is 1. The molecule has 1 aromatic carbocycles. The van der Waals surface area contributed by atoms with Crippen LogP contribution in [0.25, 0.3) is 10.6 Å². The monoisotopic (exact) mass is 457 g/mol. The maximum atomic E-state index is 13.7. The van der Waals surface area contributed by atoms with E-state index in [4.69, 9.17) is 0 Å². The average molecular weight is 458 g/mol. The molecule has 1 aliphatic rings. The lowest BCUT2D eigenvalue weighted by Gasteiger charge is -2.43. The van der Waals surface area contributed by atoms with Crippen LogP contribution in [-0.4, -0.2) is 37.0 Å². The number of fused-ring (bicyclic) bond motifs is 1. The fraction of sp³-hybridized carbons (Fsp3) is 0.200. The third-order valence-electron chi connectivity index (χ3n) is 5.92. The molecule has 5 rings (SSSR count). The molecule has 0 fully saturated rings. The van der Waals surface area contributed by atoms with Gasteiger partial charge in [-0.2, -0.15) is 5.10 Å². The summed E-state index contributed by atoms with van der Waals surface area (Å²) in [6, 6.07) is 19.2. The van der Waals surface area contributed by atoms with Crippen LogP contribution >= 0.6 is 11.3 Å². The molecule has 1 N–H and O–H groups in total. The van der Waals surface area contributed by atoms with Gasteiger partial charge in [0.1, 0.15) is 16.9 Å². The summed E-state index contributed by atoms with van der Waals surface area (Å²) in [4.78, 5) is 34.0. The molecule has 166 valence electrons. The summed E-state index contributed by atoms with van der Waals surface area (Å²) < 4.78 is 1.67. The first-order chi connectivity index (χ1) is 16.0. The van der Waals surface area contributed by atoms with E-state index in [1.54, 1.807) is 40.2 Å². The molecule has 8 heteroatoms. The quantitative estimate of drug-likeness (QED) is 0.478. The predicted molar refractivity (Wildman–Crippen MR) is 126 cm³/mol. The van der Waals surface area contributed by atoms with Crippen LogP contribution in [0.1, 0.15) is 28.5 Å². The predicted octanol–water partition coefficient (Wildman–Crippen LogP) is 3.74. The number of pyridine rings is 1. The Labute approximate surface area is 195 Å². The molecule has 0 radical (unpaired) electrons. The summed E-state index contributed by atoms with van der Waals surface area (Å²) in [7, 11) is 0. The van der Waals surface area contributed by atoms with E-state index in [-0.39, 0.29) is 24.9 Å². The van der Waals surface area contributed by atoms with Gasteiger partial charge < -0.3 is 10.2 Å². The standard InChI is InChI=1S/C25H23N5O2S/c1-25(24(32)27-15-18-7-3-2-4-8-18)17-30-21(13-20(28-30)22-10-6-12-33-22)23(31)29(25)16-19-9-5-11-26-14-19/h2-14H,15-17H2,1H3,(H,27,32)/t25-/m1/s1. The van der Waals surface area contributed by atoms with Gasteiger partial charge in [-0.3, -0.25) is 19.3 Å². The molecular weight excluding hydrogens is 434 g/mol. The molecule has 4 heterocycles. The molecule has 0 bridgehead atoms. The van der Waals surface area contributed by atoms with Gasteiger partial charge in [-0.25, -0.2) is 0 Å². The molecular formula is C25H23N5O2S. The van der Waals surface area contributed by atoms with E-state index in [9.17, 15) is 9.59 Å². The Hall–Kier alpha value is -3.78. The first-order valence-corrected chi connectivity index (χ1v) is 11.6. The lowest BCUT2D eigenvalue weighted by Crippen LogP contribution is -2.63. The van der Waals surface area contributed by atoms with Crippen LogP contribution in [0.15, 0.2) is 78.4 Å². The Kier molecular flexibility index (Phi) is 5.51. The second-order valence-electron chi connectivity index (χ2n) is 8.24. The number of hydrogen-bond acceptors (Lipinski definition) is 5. The lowest BCUT2D eigenvalue weighted by molar-refractivity contribution is -0.133. The van der Waals surface area contributed by atoms with Gasteiger partial charge in [0, 0.05) is 25.5 Å². The van der Waals surface area contributed by atoms with Gasteiger partial charge in [0.25, 0.3) is 5.91 Å². The number of carbonyl (C=O) groups is 2. The molecule has 33 heavy (non-hydrogen) atoms. The SMILES string of the molecule is C[C@]1(C(=O)NCc2ccccc2)Cn2nc(-c3cccs3)cc2C(=O)N1Cc1cccnc1. The average Bonchev–Trinajstić information content (AvgIpc) is 3.52. The molecule has 0 saturated heterocycles. The first-order valence-electron chi connectivity index (χ1n) is 10.7. The molecule has 0 spiro atoms. The van der Waals surface area contributed by atoms with E-state index in [1.165, 1.54) is 0 Å². The molecule has 2 amide bonds. The summed E-state index contributed by atoms with van der Waals surface area (Å²) in [5.41, 5.74) is 1.96. The minimum atomic E-state index is -1.12. The van der Waals surface area contributed by atoms with Crippen LogP contribution in [0.5, 0.6) is 0 Å². The largest absolute Gasteiger partial charge is 0.350 e. The number of nitrogens with one attached hydrogen (secondary N) is 1. The van der Waals surface area contributed by atoms with E-state index in [1.807, 2.05) is 66.0 Å². The first kappa shape index (κ1) is 21.1. The second kappa shape index (κ2) is 8.63. The summed E-state index contributed by atoms with van der Waals surface area (Å²) in [6.45, 7) is 2.73. The maximum Gasteiger partial charge on any atom is 0.273 e. The van der Waals surface area contributed by atoms with E-state index in [0.717, 1.165) is 21.7 Å². The smallest absolute Gasteiger partial charge is 0.273 e. The number of amides is 2. The molecule has 0 saturated carbocycles. The Morgan fingerprint density at radius 2 is 1.94 bits per heavy atom. The Morgan fingerprint density at radius 3 is 2.67 bits per heavy atom. The normalized spacial score (nSPS) is 17.6. The highest BCUT2D eigenvalue weighted by Gasteiger charge is 2.48. The summed E-state index contributed by atoms with van der Waals surface area (Å²) in [5.74, 6) is -0.444. The third kappa shape index (κ3) is 4.05. The lowest BCUT2D eigenvalue weighted by atomic mass is 9.94. The zero-order chi connectivity index (χ0) is 22.8. The van der Waals surface area contributed by atoms with Crippen molar-refractivity contribution in [3.05, 3.63) is 95.3 Å². The van der Waals surface area contributed by atoms with Gasteiger partial charge >= 0.3 is 0 Å². The van der Waals surface area contributed by atoms with Gasteiger partial charge in [0.05, 0.1) is 11.4 Å². The number of aromatic nitrogens is 3. The topological polar surface area (TPSA) is 80.1 Å². The molecule has 0 unspecified atom stereocenters. The minimum Gasteiger partial charge on any atom is -0.350 e. The third-order valence-corrected chi connectivity index (χ3v) is 6.81. The van der Waals surface area contributed by atoms with Crippen LogP contribution in [0.2, 0.25) is 0 Å². The van der Waals surface area contributed by atoms with Crippen LogP contribution in [0.4, 0.5) is 0 Å². The number of carbonyl (C=O) groups excluding carboxylic acids is 2. The number of thiophene rings is 1. The summed E-state index contributed by atoms with van der Waals surface area (Å²) >= 11 is 1.57. The molecule has 1 aliphatic heterocycles. The molecule has 7 nitrogen and oxygen atoms in total. The zero-order valence-electron chi connectivity index (χ0n) is 18.1. The van der Waals surface area contributed by atoms with Crippen LogP contribution < -0.4 is 5.32 Å². The van der Waals surface area contributed by atoms with E-state index >= 15 is 0 Å². The fourth-order valence-corrected chi connectivity index (χ4v) is 4.76. The van der Waals surface area contributed by atoms with Crippen molar-refractivity contribution in [3.63, 3.8) is 0 Å². The molecule has 1 atom stereocenters. The van der Waals surface area contributed by atoms with Crippen LogP contribution in [0, 0.1) is 0 Å². The van der Waals surface area contributed by atoms with Gasteiger partial charge in [-0.1, -0.05) is 42.5 Å². The Bertz CT molecular complexity index is 1270. The van der Waals surface area contributed by atoms with Crippen molar-refractivity contribution in [1.82, 2.24) is 25.0 Å². The highest BCUT2D eigenvalue weighted by Crippen LogP contribution is 2.32. The van der Waals surface area contributed by atoms with Gasteiger partial charge in [0.2, 0.25) is 5.91 Å². The highest BCUT2D eigenvalue weighted by atomic mass is 32.1. The van der Waals surface area contributed by atoms with Crippen LogP contribution in [-0.2, 0) is 24.4 Å². The van der Waals surface area contributed by atoms with E-state index in [2.05, 4.69) is 15.4 Å². The van der Waals surface area contributed by atoms with Crippen molar-refractivity contribution in [2.45, 2.75) is 32.1 Å². The van der Waals surface area contributed by atoms with E-state index in [0.29, 0.717) is 12.2 Å². The number of rotatable bonds is 6. The van der Waals surface area contributed by atoms with Crippen LogP contribution in [0.3, 0.4) is 0 Å².